The van der Waals surface area contributed by atoms with Crippen molar-refractivity contribution >= 4 is 17.6 Å². The van der Waals surface area contributed by atoms with Gasteiger partial charge in [0.2, 0.25) is 0 Å². The van der Waals surface area contributed by atoms with Crippen LogP contribution >= 0.6 is 0 Å². The van der Waals surface area contributed by atoms with Gasteiger partial charge in [0.25, 0.3) is 5.91 Å². The first-order valence-corrected chi connectivity index (χ1v) is 9.01. The van der Waals surface area contributed by atoms with Crippen LogP contribution in [0.4, 0.5) is 5.69 Å². The Bertz CT molecular complexity index is 936. The van der Waals surface area contributed by atoms with Gasteiger partial charge < -0.3 is 14.8 Å². The molecule has 1 N–H and O–H groups in total. The Morgan fingerprint density at radius 3 is 2.25 bits per heavy atom. The number of benzene rings is 3. The van der Waals surface area contributed by atoms with Gasteiger partial charge in [-0.15, -0.1) is 0 Å². The molecule has 0 saturated heterocycles. The van der Waals surface area contributed by atoms with Crippen molar-refractivity contribution in [2.24, 2.45) is 0 Å². The summed E-state index contributed by atoms with van der Waals surface area (Å²) in [6.07, 6.45) is 0. The molecule has 3 aromatic carbocycles. The first-order valence-electron chi connectivity index (χ1n) is 9.01. The summed E-state index contributed by atoms with van der Waals surface area (Å²) >= 11 is 0. The summed E-state index contributed by atoms with van der Waals surface area (Å²) in [6.45, 7) is 2.36. The van der Waals surface area contributed by atoms with Crippen LogP contribution in [-0.4, -0.2) is 18.5 Å². The lowest BCUT2D eigenvalue weighted by Crippen LogP contribution is -2.15. The highest BCUT2D eigenvalue weighted by atomic mass is 16.5. The minimum absolute atomic E-state index is 0.240. The van der Waals surface area contributed by atoms with Gasteiger partial charge in [-0.1, -0.05) is 36.4 Å². The molecule has 5 heteroatoms. The minimum Gasteiger partial charge on any atom is -0.489 e. The van der Waals surface area contributed by atoms with E-state index in [-0.39, 0.29) is 18.5 Å². The molecule has 3 rings (SSSR count). The number of para-hydroxylation sites is 1. The molecule has 142 valence electrons. The maximum Gasteiger partial charge on any atom is 0.338 e. The Labute approximate surface area is 163 Å². The summed E-state index contributed by atoms with van der Waals surface area (Å²) in [5, 5.41) is 2.85. The standard InChI is InChI=1S/C23H21NO4/c1-2-27-23(26)17-12-14-19(15-13-17)24-22(25)21-11-7-6-8-18(21)16-28-20-9-4-3-5-10-20/h3-15H,2,16H2,1H3,(H,24,25). The van der Waals surface area contributed by atoms with E-state index in [0.717, 1.165) is 11.3 Å². The van der Waals surface area contributed by atoms with Gasteiger partial charge >= 0.3 is 5.97 Å². The number of amides is 1. The molecule has 0 atom stereocenters. The van der Waals surface area contributed by atoms with Gasteiger partial charge in [0.05, 0.1) is 12.2 Å². The predicted molar refractivity (Wildman–Crippen MR) is 108 cm³/mol. The SMILES string of the molecule is CCOC(=O)c1ccc(NC(=O)c2ccccc2COc2ccccc2)cc1. The lowest BCUT2D eigenvalue weighted by atomic mass is 10.1. The predicted octanol–water partition coefficient (Wildman–Crippen LogP) is 4.69. The second kappa shape index (κ2) is 9.37. The highest BCUT2D eigenvalue weighted by molar-refractivity contribution is 6.05. The Balaban J connectivity index is 1.68. The Morgan fingerprint density at radius 1 is 0.857 bits per heavy atom. The number of nitrogens with one attached hydrogen (secondary N) is 1. The Morgan fingerprint density at radius 2 is 1.54 bits per heavy atom. The zero-order valence-electron chi connectivity index (χ0n) is 15.6. The molecule has 3 aromatic rings. The fourth-order valence-electron chi connectivity index (χ4n) is 2.65. The number of anilines is 1. The number of rotatable bonds is 7. The van der Waals surface area contributed by atoms with Crippen LogP contribution in [-0.2, 0) is 11.3 Å². The monoisotopic (exact) mass is 375 g/mol. The lowest BCUT2D eigenvalue weighted by Gasteiger charge is -2.12. The molecule has 0 aliphatic carbocycles. The first-order chi connectivity index (χ1) is 13.7. The van der Waals surface area contributed by atoms with Crippen LogP contribution in [0.2, 0.25) is 0 Å². The third-order valence-electron chi connectivity index (χ3n) is 4.05. The molecule has 0 saturated carbocycles. The minimum atomic E-state index is -0.385. The summed E-state index contributed by atoms with van der Waals surface area (Å²) in [6, 6.07) is 23.3. The average molecular weight is 375 g/mol. The van der Waals surface area contributed by atoms with Gasteiger partial charge in [-0.2, -0.15) is 0 Å². The number of ether oxygens (including phenoxy) is 2. The van der Waals surface area contributed by atoms with Gasteiger partial charge in [-0.3, -0.25) is 4.79 Å². The summed E-state index contributed by atoms with van der Waals surface area (Å²) in [4.78, 5) is 24.4. The fourth-order valence-corrected chi connectivity index (χ4v) is 2.65. The topological polar surface area (TPSA) is 64.6 Å². The van der Waals surface area contributed by atoms with Crippen molar-refractivity contribution in [1.29, 1.82) is 0 Å². The summed E-state index contributed by atoms with van der Waals surface area (Å²) in [5.41, 5.74) is 2.35. The Hall–Kier alpha value is -3.60. The second-order valence-electron chi connectivity index (χ2n) is 6.01. The smallest absolute Gasteiger partial charge is 0.338 e. The van der Waals surface area contributed by atoms with E-state index in [1.807, 2.05) is 48.5 Å². The van der Waals surface area contributed by atoms with E-state index in [0.29, 0.717) is 23.4 Å². The largest absolute Gasteiger partial charge is 0.489 e. The van der Waals surface area contributed by atoms with E-state index >= 15 is 0 Å². The van der Waals surface area contributed by atoms with Gasteiger partial charge in [0.15, 0.2) is 0 Å². The first kappa shape index (κ1) is 19.2. The van der Waals surface area contributed by atoms with Crippen LogP contribution in [0.3, 0.4) is 0 Å². The van der Waals surface area contributed by atoms with E-state index < -0.39 is 0 Å². The van der Waals surface area contributed by atoms with Crippen LogP contribution in [0.15, 0.2) is 78.9 Å². The highest BCUT2D eigenvalue weighted by Crippen LogP contribution is 2.17. The van der Waals surface area contributed by atoms with Gasteiger partial charge in [0.1, 0.15) is 12.4 Å². The van der Waals surface area contributed by atoms with Crippen molar-refractivity contribution in [3.05, 3.63) is 95.6 Å². The Kier molecular flexibility index (Phi) is 6.41. The molecule has 0 aliphatic heterocycles. The summed E-state index contributed by atoms with van der Waals surface area (Å²) < 4.78 is 10.7. The number of carbonyl (C=O) groups is 2. The normalized spacial score (nSPS) is 10.2. The average Bonchev–Trinajstić information content (AvgIpc) is 2.74. The van der Waals surface area contributed by atoms with Crippen LogP contribution in [0.25, 0.3) is 0 Å². The van der Waals surface area contributed by atoms with E-state index in [1.165, 1.54) is 0 Å². The van der Waals surface area contributed by atoms with Gasteiger partial charge in [-0.05, 0) is 49.4 Å². The molecule has 0 unspecified atom stereocenters. The molecule has 0 heterocycles. The molecule has 5 nitrogen and oxygen atoms in total. The number of hydrogen-bond donors (Lipinski definition) is 1. The number of esters is 1. The number of hydrogen-bond acceptors (Lipinski definition) is 4. The fraction of sp³-hybridized carbons (Fsp3) is 0.130. The maximum atomic E-state index is 12.7. The maximum absolute atomic E-state index is 12.7. The van der Waals surface area contributed by atoms with Crippen molar-refractivity contribution in [2.45, 2.75) is 13.5 Å². The van der Waals surface area contributed by atoms with E-state index in [9.17, 15) is 9.59 Å². The van der Waals surface area contributed by atoms with Gasteiger partial charge in [0, 0.05) is 16.8 Å². The zero-order chi connectivity index (χ0) is 19.8. The van der Waals surface area contributed by atoms with E-state index in [4.69, 9.17) is 9.47 Å². The van der Waals surface area contributed by atoms with Crippen molar-refractivity contribution in [3.8, 4) is 5.75 Å². The molecule has 0 spiro atoms. The van der Waals surface area contributed by atoms with Crippen LogP contribution in [0.1, 0.15) is 33.2 Å². The molecule has 0 fully saturated rings. The second-order valence-corrected chi connectivity index (χ2v) is 6.01. The molecule has 1 amide bonds. The van der Waals surface area contributed by atoms with E-state index in [1.54, 1.807) is 37.3 Å². The third kappa shape index (κ3) is 4.98. The molecule has 0 aliphatic rings. The molecule has 0 radical (unpaired) electrons. The summed E-state index contributed by atoms with van der Waals surface area (Å²) in [5.74, 6) is 0.118. The molecule has 28 heavy (non-hydrogen) atoms. The molecule has 0 aromatic heterocycles. The third-order valence-corrected chi connectivity index (χ3v) is 4.05. The highest BCUT2D eigenvalue weighted by Gasteiger charge is 2.12. The molecule has 0 bridgehead atoms. The zero-order valence-corrected chi connectivity index (χ0v) is 15.6. The van der Waals surface area contributed by atoms with Gasteiger partial charge in [-0.25, -0.2) is 4.79 Å². The van der Waals surface area contributed by atoms with Crippen LogP contribution < -0.4 is 10.1 Å². The quantitative estimate of drug-likeness (QED) is 0.608. The summed E-state index contributed by atoms with van der Waals surface area (Å²) in [7, 11) is 0. The molecular weight excluding hydrogens is 354 g/mol. The van der Waals surface area contributed by atoms with Crippen molar-refractivity contribution < 1.29 is 19.1 Å². The van der Waals surface area contributed by atoms with Crippen molar-refractivity contribution in [2.75, 3.05) is 11.9 Å². The number of carbonyl (C=O) groups excluding carboxylic acids is 2. The van der Waals surface area contributed by atoms with Crippen molar-refractivity contribution in [3.63, 3.8) is 0 Å². The van der Waals surface area contributed by atoms with Crippen LogP contribution in [0.5, 0.6) is 5.75 Å². The van der Waals surface area contributed by atoms with Crippen molar-refractivity contribution in [1.82, 2.24) is 0 Å². The lowest BCUT2D eigenvalue weighted by molar-refractivity contribution is 0.0526. The van der Waals surface area contributed by atoms with Crippen LogP contribution in [0, 0.1) is 0 Å². The van der Waals surface area contributed by atoms with E-state index in [2.05, 4.69) is 5.32 Å². The molecular formula is C23H21NO4.